The van der Waals surface area contributed by atoms with Crippen LogP contribution in [0.4, 0.5) is 10.1 Å². The number of nitrogens with one attached hydrogen (secondary N) is 1. The van der Waals surface area contributed by atoms with Crippen molar-refractivity contribution >= 4 is 17.3 Å². The van der Waals surface area contributed by atoms with E-state index in [9.17, 15) is 4.39 Å². The van der Waals surface area contributed by atoms with Crippen molar-refractivity contribution in [3.8, 4) is 0 Å². The van der Waals surface area contributed by atoms with Crippen LogP contribution in [0.5, 0.6) is 0 Å². The van der Waals surface area contributed by atoms with Crippen LogP contribution in [0.2, 0.25) is 5.02 Å². The van der Waals surface area contributed by atoms with Gasteiger partial charge in [0.2, 0.25) is 0 Å². The summed E-state index contributed by atoms with van der Waals surface area (Å²) in [6.07, 6.45) is 5.36. The van der Waals surface area contributed by atoms with Gasteiger partial charge < -0.3 is 5.32 Å². The molecule has 1 N–H and O–H groups in total. The van der Waals surface area contributed by atoms with Crippen molar-refractivity contribution in [1.29, 1.82) is 0 Å². The van der Waals surface area contributed by atoms with Crippen molar-refractivity contribution in [2.24, 2.45) is 5.92 Å². The second kappa shape index (κ2) is 5.13. The standard InChI is InChI=1S/C19H17ClFN/c1-11-9-10-15(20)17-12-6-4-7-13(12)19(22-18(11)17)14-5-2-3-8-16(14)21/h2-6,8-10,12-13,19,22H,7H2,1H3/t12-,13-,19-/m0/s1. The summed E-state index contributed by atoms with van der Waals surface area (Å²) in [7, 11) is 0. The van der Waals surface area contributed by atoms with E-state index in [4.69, 9.17) is 11.6 Å². The van der Waals surface area contributed by atoms with Crippen molar-refractivity contribution in [1.82, 2.24) is 0 Å². The fourth-order valence-electron chi connectivity index (χ4n) is 3.84. The number of hydrogen-bond donors (Lipinski definition) is 1. The van der Waals surface area contributed by atoms with Crippen molar-refractivity contribution in [3.63, 3.8) is 0 Å². The Balaban J connectivity index is 1.88. The molecule has 0 fully saturated rings. The molecule has 2 aliphatic rings. The van der Waals surface area contributed by atoms with E-state index in [1.54, 1.807) is 6.07 Å². The molecule has 1 aliphatic heterocycles. The van der Waals surface area contributed by atoms with E-state index in [0.29, 0.717) is 5.92 Å². The van der Waals surface area contributed by atoms with Gasteiger partial charge in [-0.05, 0) is 37.0 Å². The van der Waals surface area contributed by atoms with Crippen LogP contribution in [0.3, 0.4) is 0 Å². The summed E-state index contributed by atoms with van der Waals surface area (Å²) in [5.41, 5.74) is 4.12. The van der Waals surface area contributed by atoms with Crippen molar-refractivity contribution in [3.05, 3.63) is 76.1 Å². The maximum atomic E-state index is 14.3. The van der Waals surface area contributed by atoms with Crippen LogP contribution in [0.1, 0.15) is 35.1 Å². The average Bonchev–Trinajstić information content (AvgIpc) is 3.00. The molecule has 0 unspecified atom stereocenters. The number of anilines is 1. The van der Waals surface area contributed by atoms with Gasteiger partial charge in [0.05, 0.1) is 6.04 Å². The second-order valence-corrected chi connectivity index (χ2v) is 6.56. The number of benzene rings is 2. The summed E-state index contributed by atoms with van der Waals surface area (Å²) in [6, 6.07) is 11.0. The molecular weight excluding hydrogens is 297 g/mol. The maximum Gasteiger partial charge on any atom is 0.128 e. The third-order valence-corrected chi connectivity index (χ3v) is 5.24. The van der Waals surface area contributed by atoms with E-state index in [1.165, 1.54) is 6.07 Å². The highest BCUT2D eigenvalue weighted by Gasteiger charge is 2.40. The van der Waals surface area contributed by atoms with Gasteiger partial charge in [0.1, 0.15) is 5.82 Å². The first-order valence-corrected chi connectivity index (χ1v) is 8.01. The lowest BCUT2D eigenvalue weighted by Crippen LogP contribution is -2.30. The van der Waals surface area contributed by atoms with E-state index in [-0.39, 0.29) is 17.8 Å². The number of hydrogen-bond acceptors (Lipinski definition) is 1. The van der Waals surface area contributed by atoms with Gasteiger partial charge in [-0.2, -0.15) is 0 Å². The van der Waals surface area contributed by atoms with Crippen LogP contribution >= 0.6 is 11.6 Å². The minimum atomic E-state index is -0.145. The lowest BCUT2D eigenvalue weighted by atomic mass is 9.76. The highest BCUT2D eigenvalue weighted by Crippen LogP contribution is 2.52. The largest absolute Gasteiger partial charge is 0.377 e. The van der Waals surface area contributed by atoms with E-state index in [0.717, 1.165) is 33.8 Å². The molecule has 0 radical (unpaired) electrons. The molecule has 0 bridgehead atoms. The smallest absolute Gasteiger partial charge is 0.128 e. The highest BCUT2D eigenvalue weighted by atomic mass is 35.5. The molecule has 1 aliphatic carbocycles. The summed E-state index contributed by atoms with van der Waals surface area (Å²) in [5.74, 6) is 0.422. The number of aryl methyl sites for hydroxylation is 1. The zero-order valence-electron chi connectivity index (χ0n) is 12.3. The zero-order valence-corrected chi connectivity index (χ0v) is 13.1. The van der Waals surface area contributed by atoms with Gasteiger partial charge in [-0.1, -0.05) is 48.0 Å². The van der Waals surface area contributed by atoms with Crippen LogP contribution in [-0.4, -0.2) is 0 Å². The molecule has 4 rings (SSSR count). The lowest BCUT2D eigenvalue weighted by molar-refractivity contribution is 0.413. The normalized spacial score (nSPS) is 25.5. The Morgan fingerprint density at radius 3 is 2.82 bits per heavy atom. The number of halogens is 2. The summed E-state index contributed by atoms with van der Waals surface area (Å²) >= 11 is 6.46. The lowest BCUT2D eigenvalue weighted by Gasteiger charge is -2.38. The van der Waals surface area contributed by atoms with Gasteiger partial charge >= 0.3 is 0 Å². The first kappa shape index (κ1) is 13.8. The number of allylic oxidation sites excluding steroid dienone is 2. The zero-order chi connectivity index (χ0) is 15.3. The Morgan fingerprint density at radius 1 is 1.18 bits per heavy atom. The molecule has 0 spiro atoms. The monoisotopic (exact) mass is 313 g/mol. The van der Waals surface area contributed by atoms with E-state index < -0.39 is 0 Å². The van der Waals surface area contributed by atoms with Gasteiger partial charge in [0.15, 0.2) is 0 Å². The SMILES string of the molecule is Cc1ccc(Cl)c2c1N[C@H](c1ccccc1F)[C@H]1CC=C[C@H]21. The van der Waals surface area contributed by atoms with Gasteiger partial charge in [-0.3, -0.25) is 0 Å². The molecule has 1 heterocycles. The van der Waals surface area contributed by atoms with Gasteiger partial charge in [-0.25, -0.2) is 4.39 Å². The summed E-state index contributed by atoms with van der Waals surface area (Å²) in [4.78, 5) is 0. The molecule has 3 heteroatoms. The minimum Gasteiger partial charge on any atom is -0.377 e. The Morgan fingerprint density at radius 2 is 2.00 bits per heavy atom. The molecule has 3 atom stereocenters. The Labute approximate surface area is 134 Å². The molecule has 2 aromatic rings. The van der Waals surface area contributed by atoms with Crippen molar-refractivity contribution < 1.29 is 4.39 Å². The Bertz CT molecular complexity index is 768. The van der Waals surface area contributed by atoms with Crippen molar-refractivity contribution in [2.45, 2.75) is 25.3 Å². The molecule has 2 aromatic carbocycles. The molecule has 22 heavy (non-hydrogen) atoms. The molecule has 0 saturated carbocycles. The maximum absolute atomic E-state index is 14.3. The van der Waals surface area contributed by atoms with Crippen molar-refractivity contribution in [2.75, 3.05) is 5.32 Å². The Hall–Kier alpha value is -1.80. The number of rotatable bonds is 1. The summed E-state index contributed by atoms with van der Waals surface area (Å²) < 4.78 is 14.3. The van der Waals surface area contributed by atoms with E-state index in [2.05, 4.69) is 24.4 Å². The van der Waals surface area contributed by atoms with E-state index in [1.807, 2.05) is 24.3 Å². The first-order chi connectivity index (χ1) is 10.7. The molecule has 0 saturated heterocycles. The van der Waals surface area contributed by atoms with Gasteiger partial charge in [0.25, 0.3) is 0 Å². The number of fused-ring (bicyclic) bond motifs is 3. The van der Waals surface area contributed by atoms with Crippen LogP contribution in [0.15, 0.2) is 48.6 Å². The third kappa shape index (κ3) is 1.98. The highest BCUT2D eigenvalue weighted by molar-refractivity contribution is 6.32. The second-order valence-electron chi connectivity index (χ2n) is 6.15. The predicted molar refractivity (Wildman–Crippen MR) is 88.9 cm³/mol. The average molecular weight is 314 g/mol. The van der Waals surface area contributed by atoms with E-state index >= 15 is 0 Å². The predicted octanol–water partition coefficient (Wildman–Crippen LogP) is 5.61. The summed E-state index contributed by atoms with van der Waals surface area (Å²) in [5, 5.41) is 4.36. The Kier molecular flexibility index (Phi) is 3.23. The molecular formula is C19H17ClFN. The molecule has 1 nitrogen and oxygen atoms in total. The minimum absolute atomic E-state index is 0.0223. The van der Waals surface area contributed by atoms with Crippen LogP contribution in [0, 0.1) is 18.7 Å². The quantitative estimate of drug-likeness (QED) is 0.674. The molecule has 0 aromatic heterocycles. The topological polar surface area (TPSA) is 12.0 Å². The molecule has 112 valence electrons. The first-order valence-electron chi connectivity index (χ1n) is 7.63. The van der Waals surface area contributed by atoms with Gasteiger partial charge in [0, 0.05) is 27.8 Å². The third-order valence-electron chi connectivity index (χ3n) is 4.92. The summed E-state index contributed by atoms with van der Waals surface area (Å²) in [6.45, 7) is 2.07. The fourth-order valence-corrected chi connectivity index (χ4v) is 4.13. The molecule has 0 amide bonds. The van der Waals surface area contributed by atoms with Crippen LogP contribution < -0.4 is 5.32 Å². The fraction of sp³-hybridized carbons (Fsp3) is 0.263. The van der Waals surface area contributed by atoms with Crippen LogP contribution in [0.25, 0.3) is 0 Å². The van der Waals surface area contributed by atoms with Crippen LogP contribution in [-0.2, 0) is 0 Å². The van der Waals surface area contributed by atoms with Gasteiger partial charge in [-0.15, -0.1) is 0 Å².